The molecule has 0 amide bonds. The number of rotatable bonds is 3. The molecule has 1 atom stereocenters. The van der Waals surface area contributed by atoms with E-state index in [1.165, 1.54) is 64.7 Å². The van der Waals surface area contributed by atoms with Gasteiger partial charge in [-0.3, -0.25) is 0 Å². The molecular weight excluding hydrogens is 663 g/mol. The first-order chi connectivity index (χ1) is 26.2. The second kappa shape index (κ2) is 11.5. The van der Waals surface area contributed by atoms with E-state index < -0.39 is 5.41 Å². The number of hydrogen-bond donors (Lipinski definition) is 0. The molecule has 53 heavy (non-hydrogen) atoms. The third-order valence-electron chi connectivity index (χ3n) is 11.0. The zero-order valence-electron chi connectivity index (χ0n) is 28.9. The van der Waals surface area contributed by atoms with E-state index in [9.17, 15) is 0 Å². The van der Waals surface area contributed by atoms with Crippen molar-refractivity contribution in [1.82, 2.24) is 15.0 Å². The van der Waals surface area contributed by atoms with E-state index in [4.69, 9.17) is 15.0 Å². The first kappa shape index (κ1) is 30.2. The molecule has 0 radical (unpaired) electrons. The molecule has 0 fully saturated rings. The topological polar surface area (TPSA) is 38.7 Å². The molecule has 1 spiro atoms. The maximum Gasteiger partial charge on any atom is 0.164 e. The minimum atomic E-state index is -0.573. The van der Waals surface area contributed by atoms with Gasteiger partial charge in [-0.15, -0.1) is 11.3 Å². The van der Waals surface area contributed by atoms with Crippen LogP contribution in [0.25, 0.3) is 77.6 Å². The van der Waals surface area contributed by atoms with Gasteiger partial charge in [0.1, 0.15) is 0 Å². The molecule has 248 valence electrons. The summed E-state index contributed by atoms with van der Waals surface area (Å²) in [5, 5.41) is 2.63. The van der Waals surface area contributed by atoms with Gasteiger partial charge in [-0.1, -0.05) is 157 Å². The summed E-state index contributed by atoms with van der Waals surface area (Å²) in [6.07, 6.45) is 4.57. The highest BCUT2D eigenvalue weighted by Crippen LogP contribution is 2.61. The van der Waals surface area contributed by atoms with Gasteiger partial charge in [0.05, 0.1) is 5.41 Å². The lowest BCUT2D eigenvalue weighted by atomic mass is 9.65. The van der Waals surface area contributed by atoms with Crippen LogP contribution in [-0.4, -0.2) is 15.0 Å². The Kier molecular flexibility index (Phi) is 6.55. The fourth-order valence-corrected chi connectivity index (χ4v) is 10.00. The molecule has 0 aliphatic heterocycles. The van der Waals surface area contributed by atoms with Crippen molar-refractivity contribution in [2.45, 2.75) is 12.3 Å². The maximum atomic E-state index is 5.19. The summed E-state index contributed by atoms with van der Waals surface area (Å²) in [5.74, 6) is 1.98. The number of thiophene rings is 1. The van der Waals surface area contributed by atoms with E-state index >= 15 is 0 Å². The predicted octanol–water partition coefficient (Wildman–Crippen LogP) is 12.4. The van der Waals surface area contributed by atoms with Crippen LogP contribution in [0.4, 0.5) is 0 Å². The van der Waals surface area contributed by atoms with Gasteiger partial charge >= 0.3 is 0 Å². The minimum absolute atomic E-state index is 0.573. The molecule has 0 saturated heterocycles. The second-order valence-electron chi connectivity index (χ2n) is 14.0. The molecule has 0 N–H and O–H groups in total. The van der Waals surface area contributed by atoms with E-state index in [-0.39, 0.29) is 0 Å². The van der Waals surface area contributed by atoms with E-state index in [0.29, 0.717) is 17.5 Å². The summed E-state index contributed by atoms with van der Waals surface area (Å²) in [4.78, 5) is 15.4. The lowest BCUT2D eigenvalue weighted by Crippen LogP contribution is -2.30. The highest BCUT2D eigenvalue weighted by molar-refractivity contribution is 7.26. The number of aryl methyl sites for hydroxylation is 1. The van der Waals surface area contributed by atoms with Crippen LogP contribution in [0.1, 0.15) is 38.9 Å². The minimum Gasteiger partial charge on any atom is -0.208 e. The Bertz CT molecular complexity index is 2980. The monoisotopic (exact) mass is 693 g/mol. The smallest absolute Gasteiger partial charge is 0.164 e. The van der Waals surface area contributed by atoms with E-state index in [2.05, 4.69) is 159 Å². The Morgan fingerprint density at radius 1 is 0.453 bits per heavy atom. The molecule has 4 heteroatoms. The van der Waals surface area contributed by atoms with Crippen molar-refractivity contribution in [1.29, 1.82) is 0 Å². The van der Waals surface area contributed by atoms with Crippen LogP contribution in [0.3, 0.4) is 0 Å². The quantitative estimate of drug-likeness (QED) is 0.185. The normalized spacial score (nSPS) is 15.3. The predicted molar refractivity (Wildman–Crippen MR) is 220 cm³/mol. The summed E-state index contributed by atoms with van der Waals surface area (Å²) in [7, 11) is 0. The number of aromatic nitrogens is 3. The first-order valence-corrected chi connectivity index (χ1v) is 18.8. The number of fused-ring (bicyclic) bond motifs is 13. The summed E-state index contributed by atoms with van der Waals surface area (Å²) in [5.41, 5.74) is 13.6. The third kappa shape index (κ3) is 4.43. The molecule has 11 rings (SSSR count). The maximum absolute atomic E-state index is 5.19. The molecule has 2 aromatic heterocycles. The summed E-state index contributed by atoms with van der Waals surface area (Å²) >= 11 is 1.90. The van der Waals surface area contributed by atoms with Gasteiger partial charge in [0.2, 0.25) is 0 Å². The van der Waals surface area contributed by atoms with Crippen LogP contribution in [-0.2, 0) is 5.41 Å². The molecule has 7 aromatic carbocycles. The van der Waals surface area contributed by atoms with Crippen molar-refractivity contribution in [3.05, 3.63) is 197 Å². The zero-order valence-corrected chi connectivity index (χ0v) is 29.7. The Morgan fingerprint density at radius 3 is 1.94 bits per heavy atom. The van der Waals surface area contributed by atoms with Gasteiger partial charge in [0.15, 0.2) is 17.5 Å². The zero-order chi connectivity index (χ0) is 35.1. The average molecular weight is 694 g/mol. The Balaban J connectivity index is 1.22. The lowest BCUT2D eigenvalue weighted by Gasteiger charge is -2.35. The lowest BCUT2D eigenvalue weighted by molar-refractivity contribution is 0.767. The van der Waals surface area contributed by atoms with Crippen molar-refractivity contribution in [2.75, 3.05) is 0 Å². The van der Waals surface area contributed by atoms with Crippen LogP contribution in [0.5, 0.6) is 0 Å². The molecule has 0 bridgehead atoms. The van der Waals surface area contributed by atoms with Crippen molar-refractivity contribution < 1.29 is 0 Å². The highest BCUT2D eigenvalue weighted by Gasteiger charge is 2.49. The largest absolute Gasteiger partial charge is 0.208 e. The Morgan fingerprint density at radius 2 is 1.11 bits per heavy atom. The molecule has 2 aliphatic rings. The van der Waals surface area contributed by atoms with Crippen LogP contribution in [0.2, 0.25) is 0 Å². The first-order valence-electron chi connectivity index (χ1n) is 18.0. The van der Waals surface area contributed by atoms with E-state index in [1.54, 1.807) is 0 Å². The van der Waals surface area contributed by atoms with Gasteiger partial charge in [0, 0.05) is 42.4 Å². The number of nitrogens with zero attached hydrogens (tertiary/aromatic N) is 3. The number of benzene rings is 7. The number of hydrogen-bond acceptors (Lipinski definition) is 4. The molecule has 2 aliphatic carbocycles. The average Bonchev–Trinajstić information content (AvgIpc) is 3.69. The van der Waals surface area contributed by atoms with Gasteiger partial charge in [-0.05, 0) is 64.1 Å². The van der Waals surface area contributed by atoms with E-state index in [1.807, 2.05) is 29.5 Å². The SMILES string of the molecule is Cc1cccc(-c2nc(-c3ccccc3)nc(-c3ccc4c(c3)C3(c5ccccc5C=C4)c4ccccc4-c4c3ccc3c4sc4ccccc43)n2)c1. The Hall–Kier alpha value is -6.49. The van der Waals surface area contributed by atoms with Gasteiger partial charge in [-0.25, -0.2) is 15.0 Å². The van der Waals surface area contributed by atoms with Crippen LogP contribution >= 0.6 is 11.3 Å². The second-order valence-corrected chi connectivity index (χ2v) is 15.1. The van der Waals surface area contributed by atoms with Crippen molar-refractivity contribution in [3.63, 3.8) is 0 Å². The van der Waals surface area contributed by atoms with Crippen LogP contribution < -0.4 is 0 Å². The summed E-state index contributed by atoms with van der Waals surface area (Å²) in [6, 6.07) is 56.9. The molecule has 1 unspecified atom stereocenters. The Labute approximate surface area is 311 Å². The summed E-state index contributed by atoms with van der Waals surface area (Å²) < 4.78 is 2.65. The molecular formula is C49H31N3S. The molecule has 3 nitrogen and oxygen atoms in total. The van der Waals surface area contributed by atoms with E-state index in [0.717, 1.165) is 22.3 Å². The fourth-order valence-electron chi connectivity index (χ4n) is 8.73. The molecule has 0 saturated carbocycles. The standard InChI is InChI=1S/C49H31N3S/c1-30-12-11-16-34(28-30)47-50-46(33-14-3-2-4-15-33)51-48(52-47)35-25-24-32-23-22-31-13-5-8-19-39(31)49(42(32)29-35)40-20-9-6-18-38(40)44-41(49)27-26-37-36-17-7-10-21-43(36)53-45(37)44/h2-29H,1H3. The van der Waals surface area contributed by atoms with Crippen LogP contribution in [0.15, 0.2) is 158 Å². The molecule has 9 aromatic rings. The summed E-state index contributed by atoms with van der Waals surface area (Å²) in [6.45, 7) is 2.10. The molecule has 2 heterocycles. The van der Waals surface area contributed by atoms with Gasteiger partial charge in [0.25, 0.3) is 0 Å². The van der Waals surface area contributed by atoms with Gasteiger partial charge < -0.3 is 0 Å². The van der Waals surface area contributed by atoms with Crippen LogP contribution in [0, 0.1) is 6.92 Å². The van der Waals surface area contributed by atoms with Crippen molar-refractivity contribution in [3.8, 4) is 45.3 Å². The fraction of sp³-hybridized carbons (Fsp3) is 0.0408. The van der Waals surface area contributed by atoms with Crippen molar-refractivity contribution >= 4 is 43.7 Å². The van der Waals surface area contributed by atoms with Gasteiger partial charge in [-0.2, -0.15) is 0 Å². The third-order valence-corrected chi connectivity index (χ3v) is 12.2. The highest BCUT2D eigenvalue weighted by atomic mass is 32.1. The van der Waals surface area contributed by atoms with Crippen molar-refractivity contribution in [2.24, 2.45) is 0 Å².